The predicted octanol–water partition coefficient (Wildman–Crippen LogP) is 9.79. The number of hydrogen-bond donors (Lipinski definition) is 0. The number of rotatable bonds is 19. The second kappa shape index (κ2) is 15.9. The fourth-order valence-corrected chi connectivity index (χ4v) is 4.16. The van der Waals surface area contributed by atoms with Gasteiger partial charge in [0.1, 0.15) is 0 Å². The highest BCUT2D eigenvalue weighted by molar-refractivity contribution is 5.70. The second-order valence-corrected chi connectivity index (χ2v) is 11.0. The van der Waals surface area contributed by atoms with Crippen LogP contribution in [-0.2, 0) is 22.4 Å². The van der Waals surface area contributed by atoms with E-state index in [-0.39, 0.29) is 11.4 Å². The molecule has 21 heteroatoms. The van der Waals surface area contributed by atoms with Gasteiger partial charge in [-0.1, -0.05) is 50.5 Å². The van der Waals surface area contributed by atoms with Gasteiger partial charge in [0.25, 0.3) is 6.43 Å². The summed E-state index contributed by atoms with van der Waals surface area (Å²) in [6.45, 7) is 2.06. The molecule has 1 aromatic carbocycles. The van der Waals surface area contributed by atoms with Crippen LogP contribution in [0.3, 0.4) is 0 Å². The minimum atomic E-state index is -8.51. The Bertz CT molecular complexity index is 1390. The average Bonchev–Trinajstić information content (AvgIpc) is 3.04. The van der Waals surface area contributed by atoms with Gasteiger partial charge in [-0.05, 0) is 30.4 Å². The first kappa shape index (κ1) is 42.7. The van der Waals surface area contributed by atoms with Crippen LogP contribution in [0.4, 0.5) is 74.6 Å². The molecular weight excluding hydrogens is 731 g/mol. The third-order valence-electron chi connectivity index (χ3n) is 7.26. The molecule has 0 saturated carbocycles. The van der Waals surface area contributed by atoms with Crippen molar-refractivity contribution in [3.05, 3.63) is 47.8 Å². The van der Waals surface area contributed by atoms with E-state index in [1.54, 1.807) is 12.4 Å². The van der Waals surface area contributed by atoms with Gasteiger partial charge in [0.05, 0.1) is 0 Å². The lowest BCUT2D eigenvalue weighted by Gasteiger charge is -2.42. The summed E-state index contributed by atoms with van der Waals surface area (Å²) >= 11 is 0. The van der Waals surface area contributed by atoms with E-state index in [1.807, 2.05) is 0 Å². The lowest BCUT2D eigenvalue weighted by Crippen LogP contribution is -2.73. The van der Waals surface area contributed by atoms with E-state index in [4.69, 9.17) is 0 Å². The molecule has 284 valence electrons. The quantitative estimate of drug-likeness (QED) is 0.0814. The highest BCUT2D eigenvalue weighted by Gasteiger charge is 2.92. The summed E-state index contributed by atoms with van der Waals surface area (Å²) in [6, 6.07) is 5.45. The Labute approximate surface area is 272 Å². The first-order chi connectivity index (χ1) is 22.8. The number of carbonyl (C=O) groups is 1. The lowest BCUT2D eigenvalue weighted by atomic mass is 9.89. The number of halogens is 17. The topological polar surface area (TPSA) is 52.1 Å². The van der Waals surface area contributed by atoms with Crippen molar-refractivity contribution < 1.29 is 84.2 Å². The maximum atomic E-state index is 14.1. The summed E-state index contributed by atoms with van der Waals surface area (Å²) in [5.41, 5.74) is 1.50. The Morgan fingerprint density at radius 2 is 1.16 bits per heavy atom. The molecule has 0 amide bonds. The molecule has 0 saturated heterocycles. The van der Waals surface area contributed by atoms with Gasteiger partial charge in [0.15, 0.2) is 12.0 Å². The average molecular weight is 759 g/mol. The van der Waals surface area contributed by atoms with Crippen molar-refractivity contribution in [3.63, 3.8) is 0 Å². The molecule has 50 heavy (non-hydrogen) atoms. The summed E-state index contributed by atoms with van der Waals surface area (Å²) in [5.74, 6) is -50.4. The number of ether oxygens (including phenoxy) is 1. The summed E-state index contributed by atoms with van der Waals surface area (Å²) in [7, 11) is 0. The first-order valence-corrected chi connectivity index (χ1v) is 14.4. The maximum absolute atomic E-state index is 14.1. The van der Waals surface area contributed by atoms with E-state index in [1.165, 1.54) is 24.3 Å². The van der Waals surface area contributed by atoms with Crippen LogP contribution < -0.4 is 0 Å². The molecule has 0 N–H and O–H groups in total. The van der Waals surface area contributed by atoms with E-state index >= 15 is 0 Å². The Hall–Kier alpha value is -3.42. The highest BCUT2D eigenvalue weighted by Crippen LogP contribution is 2.61. The molecule has 0 aliphatic rings. The van der Waals surface area contributed by atoms with Crippen molar-refractivity contribution in [2.24, 2.45) is 0 Å². The van der Waals surface area contributed by atoms with Crippen molar-refractivity contribution in [1.29, 1.82) is 0 Å². The monoisotopic (exact) mass is 758 g/mol. The standard InChI is InChI=1S/C29H27F17N2O2/c1-2-3-4-5-6-16-13-47-22(48-14-16)17-10-7-15(8-11-17)9-12-18(49)50-23(34)25(37,38)27(41,42)29(45,46)28(43,44)26(39,40)24(35,36)20(31)19(30)21(32)33/h7-8,10-11,13-14,19-21,23H,2-6,9,12H2,1H3. The number of nitrogens with zero attached hydrogens (tertiary/aromatic N) is 2. The van der Waals surface area contributed by atoms with Crippen molar-refractivity contribution >= 4 is 5.97 Å². The molecule has 4 nitrogen and oxygen atoms in total. The molecule has 0 spiro atoms. The summed E-state index contributed by atoms with van der Waals surface area (Å²) in [6.07, 6.45) is -14.8. The molecule has 1 aromatic heterocycles. The number of aryl methyl sites for hydroxylation is 2. The van der Waals surface area contributed by atoms with Crippen LogP contribution in [0.5, 0.6) is 0 Å². The Balaban J connectivity index is 2.12. The van der Waals surface area contributed by atoms with Crippen molar-refractivity contribution in [1.82, 2.24) is 9.97 Å². The zero-order valence-corrected chi connectivity index (χ0v) is 25.4. The van der Waals surface area contributed by atoms with Crippen LogP contribution in [0.2, 0.25) is 0 Å². The van der Waals surface area contributed by atoms with Crippen molar-refractivity contribution in [2.45, 2.75) is 113 Å². The molecule has 0 aliphatic heterocycles. The van der Waals surface area contributed by atoms with Crippen LogP contribution >= 0.6 is 0 Å². The SMILES string of the molecule is CCCCCCc1cnc(-c2ccc(CCC(=O)OC(F)C(F)(F)C(F)(F)C(F)(F)C(F)(F)C(F)(F)C(F)(F)C(F)C(F)C(F)F)cc2)nc1. The van der Waals surface area contributed by atoms with Crippen LogP contribution in [0.25, 0.3) is 11.4 Å². The molecule has 3 atom stereocenters. The zero-order valence-electron chi connectivity index (χ0n) is 25.4. The highest BCUT2D eigenvalue weighted by atomic mass is 19.4. The molecule has 1 heterocycles. The molecule has 3 unspecified atom stereocenters. The van der Waals surface area contributed by atoms with Gasteiger partial charge in [-0.15, -0.1) is 0 Å². The van der Waals surface area contributed by atoms with Crippen molar-refractivity contribution in [2.75, 3.05) is 0 Å². The maximum Gasteiger partial charge on any atom is 0.385 e. The van der Waals surface area contributed by atoms with Gasteiger partial charge in [0, 0.05) is 24.4 Å². The van der Waals surface area contributed by atoms with Crippen LogP contribution in [-0.4, -0.2) is 76.6 Å². The fraction of sp³-hybridized carbons (Fsp3) is 0.621. The number of carbonyl (C=O) groups excluding carboxylic acids is 1. The molecule has 0 fully saturated rings. The summed E-state index contributed by atoms with van der Waals surface area (Å²) in [5, 5.41) is 0. The number of esters is 1. The number of hydrogen-bond acceptors (Lipinski definition) is 4. The van der Waals surface area contributed by atoms with Gasteiger partial charge < -0.3 is 4.74 Å². The molecule has 0 radical (unpaired) electrons. The molecule has 0 bridgehead atoms. The third-order valence-corrected chi connectivity index (χ3v) is 7.26. The summed E-state index contributed by atoms with van der Waals surface area (Å²) in [4.78, 5) is 20.2. The smallest absolute Gasteiger partial charge is 0.385 e. The van der Waals surface area contributed by atoms with Crippen molar-refractivity contribution in [3.8, 4) is 11.4 Å². The molecule has 0 aliphatic carbocycles. The van der Waals surface area contributed by atoms with Gasteiger partial charge in [-0.3, -0.25) is 4.79 Å². The van der Waals surface area contributed by atoms with E-state index in [2.05, 4.69) is 21.6 Å². The molecular formula is C29H27F17N2O2. The van der Waals surface area contributed by atoms with E-state index in [0.717, 1.165) is 37.7 Å². The minimum Gasteiger partial charge on any atom is -0.424 e. The second-order valence-electron chi connectivity index (χ2n) is 11.0. The Morgan fingerprint density at radius 3 is 1.64 bits per heavy atom. The lowest BCUT2D eigenvalue weighted by molar-refractivity contribution is -0.439. The normalized spacial score (nSPS) is 15.6. The Kier molecular flexibility index (Phi) is 13.6. The molecule has 2 aromatic rings. The van der Waals surface area contributed by atoms with Gasteiger partial charge in [0.2, 0.25) is 6.17 Å². The van der Waals surface area contributed by atoms with Gasteiger partial charge in [-0.25, -0.2) is 27.5 Å². The van der Waals surface area contributed by atoms with Crippen LogP contribution in [0.1, 0.15) is 50.2 Å². The largest absolute Gasteiger partial charge is 0.424 e. The van der Waals surface area contributed by atoms with Crippen LogP contribution in [0, 0.1) is 0 Å². The predicted molar refractivity (Wildman–Crippen MR) is 140 cm³/mol. The molecule has 2 rings (SSSR count). The first-order valence-electron chi connectivity index (χ1n) is 14.4. The van der Waals surface area contributed by atoms with E-state index in [9.17, 15) is 79.4 Å². The van der Waals surface area contributed by atoms with E-state index < -0.39 is 79.5 Å². The Morgan fingerprint density at radius 1 is 0.660 bits per heavy atom. The van der Waals surface area contributed by atoms with E-state index in [0.29, 0.717) is 5.56 Å². The third kappa shape index (κ3) is 8.37. The minimum absolute atomic E-state index is 0.175. The van der Waals surface area contributed by atoms with Gasteiger partial charge >= 0.3 is 47.9 Å². The van der Waals surface area contributed by atoms with Gasteiger partial charge in [-0.2, -0.15) is 57.1 Å². The number of benzene rings is 1. The zero-order chi connectivity index (χ0) is 38.5. The number of unbranched alkanes of at least 4 members (excludes halogenated alkanes) is 3. The number of aromatic nitrogens is 2. The van der Waals surface area contributed by atoms with Crippen LogP contribution in [0.15, 0.2) is 36.7 Å². The fourth-order valence-electron chi connectivity index (χ4n) is 4.16. The summed E-state index contributed by atoms with van der Waals surface area (Å²) < 4.78 is 234. The number of alkyl halides is 17.